The average Bonchev–Trinajstić information content (AvgIpc) is 2.37. The van der Waals surface area contributed by atoms with E-state index in [1.807, 2.05) is 0 Å². The molecule has 1 rings (SSSR count). The summed E-state index contributed by atoms with van der Waals surface area (Å²) < 4.78 is 0. The second-order valence-electron chi connectivity index (χ2n) is 8.15. The van der Waals surface area contributed by atoms with Crippen molar-refractivity contribution in [1.29, 1.82) is 0 Å². The number of nitrogens with one attached hydrogen (secondary N) is 1. The number of aliphatic hydroxyl groups is 1. The van der Waals surface area contributed by atoms with Crippen molar-refractivity contribution in [3.05, 3.63) is 28.8 Å². The van der Waals surface area contributed by atoms with Gasteiger partial charge in [-0.2, -0.15) is 0 Å². The van der Waals surface area contributed by atoms with Crippen LogP contribution >= 0.6 is 0 Å². The molecule has 1 aromatic carbocycles. The zero-order valence-electron chi connectivity index (χ0n) is 15.1. The van der Waals surface area contributed by atoms with Gasteiger partial charge in [-0.3, -0.25) is 0 Å². The van der Waals surface area contributed by atoms with E-state index in [0.717, 1.165) is 37.1 Å². The van der Waals surface area contributed by atoms with Crippen molar-refractivity contribution in [2.45, 2.75) is 71.8 Å². The molecule has 0 saturated heterocycles. The Morgan fingerprint density at radius 1 is 0.909 bits per heavy atom. The topological polar surface area (TPSA) is 52.5 Å². The summed E-state index contributed by atoms with van der Waals surface area (Å²) in [6.45, 7) is 14.7. The van der Waals surface area contributed by atoms with Gasteiger partial charge in [0.15, 0.2) is 0 Å². The first-order valence-electron chi connectivity index (χ1n) is 8.26. The van der Waals surface area contributed by atoms with Gasteiger partial charge in [-0.05, 0) is 46.9 Å². The molecule has 0 saturated carbocycles. The van der Waals surface area contributed by atoms with E-state index in [4.69, 9.17) is 5.11 Å². The van der Waals surface area contributed by atoms with Crippen LogP contribution in [0.3, 0.4) is 0 Å². The molecule has 22 heavy (non-hydrogen) atoms. The summed E-state index contributed by atoms with van der Waals surface area (Å²) in [5.74, 6) is 0.434. The maximum absolute atomic E-state index is 10.7. The molecule has 0 fully saturated rings. The Balaban J connectivity index is 3.03. The van der Waals surface area contributed by atoms with Crippen LogP contribution in [0, 0.1) is 0 Å². The van der Waals surface area contributed by atoms with Gasteiger partial charge in [0.05, 0.1) is 0 Å². The van der Waals surface area contributed by atoms with Gasteiger partial charge in [0.25, 0.3) is 0 Å². The second kappa shape index (κ2) is 7.47. The van der Waals surface area contributed by atoms with Crippen LogP contribution in [0.5, 0.6) is 5.75 Å². The standard InChI is InChI=1S/C19H33NO2/c1-18(2,3)15-11-14(13-20-9-7-8-10-21)12-16(17(15)22)19(4,5)6/h11-12,20-22H,7-10,13H2,1-6H3. The predicted molar refractivity (Wildman–Crippen MR) is 93.5 cm³/mol. The molecule has 0 unspecified atom stereocenters. The minimum absolute atomic E-state index is 0.0863. The minimum Gasteiger partial charge on any atom is -0.507 e. The summed E-state index contributed by atoms with van der Waals surface area (Å²) >= 11 is 0. The first kappa shape index (κ1) is 19.0. The SMILES string of the molecule is CC(C)(C)c1cc(CNCCCCO)cc(C(C)(C)C)c1O. The zero-order chi connectivity index (χ0) is 17.0. The van der Waals surface area contributed by atoms with Gasteiger partial charge in [-0.1, -0.05) is 53.7 Å². The number of aromatic hydroxyl groups is 1. The van der Waals surface area contributed by atoms with Crippen molar-refractivity contribution in [2.24, 2.45) is 0 Å². The van der Waals surface area contributed by atoms with E-state index in [-0.39, 0.29) is 17.4 Å². The molecule has 1 aromatic rings. The van der Waals surface area contributed by atoms with Gasteiger partial charge in [0.2, 0.25) is 0 Å². The van der Waals surface area contributed by atoms with E-state index >= 15 is 0 Å². The van der Waals surface area contributed by atoms with E-state index in [1.165, 1.54) is 5.56 Å². The highest BCUT2D eigenvalue weighted by Gasteiger charge is 2.26. The lowest BCUT2D eigenvalue weighted by Crippen LogP contribution is -2.20. The lowest BCUT2D eigenvalue weighted by Gasteiger charge is -2.28. The van der Waals surface area contributed by atoms with Crippen LogP contribution in [0.4, 0.5) is 0 Å². The fourth-order valence-electron chi connectivity index (χ4n) is 2.53. The molecular formula is C19H33NO2. The Bertz CT molecular complexity index is 446. The Hall–Kier alpha value is -1.06. The highest BCUT2D eigenvalue weighted by molar-refractivity contribution is 5.49. The summed E-state index contributed by atoms with van der Waals surface area (Å²) in [5.41, 5.74) is 3.05. The first-order valence-corrected chi connectivity index (χ1v) is 8.26. The number of phenols is 1. The predicted octanol–water partition coefficient (Wildman–Crippen LogP) is 3.85. The van der Waals surface area contributed by atoms with Crippen LogP contribution in [0.15, 0.2) is 12.1 Å². The third-order valence-electron chi connectivity index (χ3n) is 3.88. The number of hydrogen-bond donors (Lipinski definition) is 3. The van der Waals surface area contributed by atoms with Crippen LogP contribution < -0.4 is 5.32 Å². The fraction of sp³-hybridized carbons (Fsp3) is 0.684. The Morgan fingerprint density at radius 2 is 1.41 bits per heavy atom. The summed E-state index contributed by atoms with van der Waals surface area (Å²) in [6.07, 6.45) is 1.82. The second-order valence-corrected chi connectivity index (χ2v) is 8.15. The van der Waals surface area contributed by atoms with E-state index in [0.29, 0.717) is 5.75 Å². The number of aliphatic hydroxyl groups excluding tert-OH is 1. The van der Waals surface area contributed by atoms with Gasteiger partial charge in [0.1, 0.15) is 5.75 Å². The maximum Gasteiger partial charge on any atom is 0.123 e. The van der Waals surface area contributed by atoms with Crippen LogP contribution in [0.1, 0.15) is 71.1 Å². The molecule has 0 aliphatic rings. The summed E-state index contributed by atoms with van der Waals surface area (Å²) in [6, 6.07) is 4.23. The van der Waals surface area contributed by atoms with Crippen LogP contribution in [-0.4, -0.2) is 23.4 Å². The van der Waals surface area contributed by atoms with Gasteiger partial charge in [0, 0.05) is 13.2 Å². The molecule has 3 nitrogen and oxygen atoms in total. The molecule has 0 aromatic heterocycles. The smallest absolute Gasteiger partial charge is 0.123 e. The monoisotopic (exact) mass is 307 g/mol. The Morgan fingerprint density at radius 3 is 1.82 bits per heavy atom. The summed E-state index contributed by atoms with van der Waals surface area (Å²) in [4.78, 5) is 0. The molecule has 0 heterocycles. The van der Waals surface area contributed by atoms with Crippen LogP contribution in [0.2, 0.25) is 0 Å². The number of unbranched alkanes of at least 4 members (excludes halogenated alkanes) is 1. The van der Waals surface area contributed by atoms with E-state index in [2.05, 4.69) is 59.0 Å². The molecule has 3 heteroatoms. The minimum atomic E-state index is -0.0863. The number of hydrogen-bond acceptors (Lipinski definition) is 3. The maximum atomic E-state index is 10.7. The first-order chi connectivity index (χ1) is 10.1. The van der Waals surface area contributed by atoms with Gasteiger partial charge >= 0.3 is 0 Å². The molecule has 0 bridgehead atoms. The molecule has 3 N–H and O–H groups in total. The van der Waals surface area contributed by atoms with E-state index in [1.54, 1.807) is 0 Å². The van der Waals surface area contributed by atoms with Gasteiger partial charge < -0.3 is 15.5 Å². The van der Waals surface area contributed by atoms with Crippen molar-refractivity contribution < 1.29 is 10.2 Å². The molecule has 0 atom stereocenters. The number of benzene rings is 1. The molecule has 126 valence electrons. The molecular weight excluding hydrogens is 274 g/mol. The van der Waals surface area contributed by atoms with E-state index < -0.39 is 0 Å². The molecule has 0 radical (unpaired) electrons. The highest BCUT2D eigenvalue weighted by atomic mass is 16.3. The van der Waals surface area contributed by atoms with Crippen molar-refractivity contribution in [3.8, 4) is 5.75 Å². The van der Waals surface area contributed by atoms with Gasteiger partial charge in [-0.25, -0.2) is 0 Å². The van der Waals surface area contributed by atoms with Crippen LogP contribution in [-0.2, 0) is 17.4 Å². The molecule has 0 spiro atoms. The highest BCUT2D eigenvalue weighted by Crippen LogP contribution is 2.39. The van der Waals surface area contributed by atoms with Crippen LogP contribution in [0.25, 0.3) is 0 Å². The number of phenolic OH excluding ortho intramolecular Hbond substituents is 1. The quantitative estimate of drug-likeness (QED) is 0.700. The lowest BCUT2D eigenvalue weighted by atomic mass is 9.78. The Labute approximate surface area is 135 Å². The molecule has 0 amide bonds. The van der Waals surface area contributed by atoms with Crippen molar-refractivity contribution >= 4 is 0 Å². The summed E-state index contributed by atoms with van der Waals surface area (Å²) in [7, 11) is 0. The normalized spacial score (nSPS) is 12.7. The van der Waals surface area contributed by atoms with Crippen molar-refractivity contribution in [3.63, 3.8) is 0 Å². The van der Waals surface area contributed by atoms with E-state index in [9.17, 15) is 5.11 Å². The fourth-order valence-corrected chi connectivity index (χ4v) is 2.53. The molecule has 0 aliphatic carbocycles. The molecule has 0 aliphatic heterocycles. The Kier molecular flexibility index (Phi) is 6.45. The third kappa shape index (κ3) is 5.29. The average molecular weight is 307 g/mol. The zero-order valence-corrected chi connectivity index (χ0v) is 15.1. The largest absolute Gasteiger partial charge is 0.507 e. The number of rotatable bonds is 6. The third-order valence-corrected chi connectivity index (χ3v) is 3.88. The lowest BCUT2D eigenvalue weighted by molar-refractivity contribution is 0.283. The van der Waals surface area contributed by atoms with Crippen molar-refractivity contribution in [2.75, 3.05) is 13.2 Å². The van der Waals surface area contributed by atoms with Crippen molar-refractivity contribution in [1.82, 2.24) is 5.32 Å². The summed E-state index contributed by atoms with van der Waals surface area (Å²) in [5, 5.41) is 22.9. The van der Waals surface area contributed by atoms with Gasteiger partial charge in [-0.15, -0.1) is 0 Å².